The molecule has 2 aliphatic rings. The first-order chi connectivity index (χ1) is 14.0. The second-order valence-electron chi connectivity index (χ2n) is 8.53. The van der Waals surface area contributed by atoms with Crippen LogP contribution in [0.15, 0.2) is 9.05 Å². The Bertz CT molecular complexity index is 831. The van der Waals surface area contributed by atoms with Gasteiger partial charge in [-0.25, -0.2) is 0 Å². The van der Waals surface area contributed by atoms with E-state index >= 15 is 0 Å². The predicted molar refractivity (Wildman–Crippen MR) is 109 cm³/mol. The minimum absolute atomic E-state index is 0.00901. The van der Waals surface area contributed by atoms with Crippen molar-refractivity contribution >= 4 is 5.91 Å². The minimum Gasteiger partial charge on any atom is -0.361 e. The molecule has 0 aromatic carbocycles. The van der Waals surface area contributed by atoms with Gasteiger partial charge in [-0.15, -0.1) is 0 Å². The Labute approximate surface area is 172 Å². The highest BCUT2D eigenvalue weighted by Gasteiger charge is 2.32. The van der Waals surface area contributed by atoms with Crippen molar-refractivity contribution in [2.75, 3.05) is 26.2 Å². The van der Waals surface area contributed by atoms with Gasteiger partial charge in [-0.2, -0.15) is 0 Å². The van der Waals surface area contributed by atoms with Crippen LogP contribution in [0.1, 0.15) is 77.4 Å². The maximum absolute atomic E-state index is 13.5. The van der Waals surface area contributed by atoms with E-state index in [9.17, 15) is 4.79 Å². The first kappa shape index (κ1) is 20.1. The fourth-order valence-electron chi connectivity index (χ4n) is 4.74. The van der Waals surface area contributed by atoms with Crippen LogP contribution in [0.25, 0.3) is 0 Å². The molecular weight excluding hydrogens is 368 g/mol. The van der Waals surface area contributed by atoms with E-state index in [0.29, 0.717) is 23.9 Å². The van der Waals surface area contributed by atoms with Crippen molar-refractivity contribution in [1.82, 2.24) is 20.1 Å². The van der Waals surface area contributed by atoms with Crippen LogP contribution in [0.2, 0.25) is 0 Å². The molecule has 2 aromatic rings. The van der Waals surface area contributed by atoms with Gasteiger partial charge < -0.3 is 18.8 Å². The Morgan fingerprint density at radius 1 is 0.966 bits per heavy atom. The lowest BCUT2D eigenvalue weighted by Crippen LogP contribution is -2.45. The van der Waals surface area contributed by atoms with E-state index in [4.69, 9.17) is 9.05 Å². The Hall–Kier alpha value is -2.15. The Morgan fingerprint density at radius 3 is 2.38 bits per heavy atom. The standard InChI is InChI=1S/C22H32N4O3/c1-15-19(16(2)28-23-15)14-20-17(3)29-24-21(20)22(27)26-12-5-4-8-18(26)9-13-25-10-6-7-11-25/h18H,4-14H2,1-3H3/t18-/m0/s1. The maximum Gasteiger partial charge on any atom is 0.276 e. The van der Waals surface area contributed by atoms with Gasteiger partial charge in [0.2, 0.25) is 0 Å². The molecule has 4 rings (SSSR count). The molecule has 0 radical (unpaired) electrons. The normalized spacial score (nSPS) is 20.5. The number of likely N-dealkylation sites (tertiary alicyclic amines) is 2. The molecule has 7 heteroatoms. The molecule has 0 bridgehead atoms. The maximum atomic E-state index is 13.5. The Balaban J connectivity index is 1.51. The summed E-state index contributed by atoms with van der Waals surface area (Å²) in [5, 5.41) is 8.21. The summed E-state index contributed by atoms with van der Waals surface area (Å²) in [7, 11) is 0. The molecule has 2 saturated heterocycles. The fourth-order valence-corrected chi connectivity index (χ4v) is 4.74. The summed E-state index contributed by atoms with van der Waals surface area (Å²) >= 11 is 0. The first-order valence-electron chi connectivity index (χ1n) is 10.9. The summed E-state index contributed by atoms with van der Waals surface area (Å²) < 4.78 is 10.8. The van der Waals surface area contributed by atoms with Gasteiger partial charge in [0.1, 0.15) is 11.5 Å². The second-order valence-corrected chi connectivity index (χ2v) is 8.53. The third-order valence-electron chi connectivity index (χ3n) is 6.59. The lowest BCUT2D eigenvalue weighted by atomic mass is 9.97. The van der Waals surface area contributed by atoms with Crippen molar-refractivity contribution in [2.24, 2.45) is 0 Å². The highest BCUT2D eigenvalue weighted by Crippen LogP contribution is 2.27. The minimum atomic E-state index is 0.00901. The molecule has 0 spiro atoms. The van der Waals surface area contributed by atoms with Gasteiger partial charge in [-0.05, 0) is 72.4 Å². The van der Waals surface area contributed by atoms with Gasteiger partial charge in [0.05, 0.1) is 5.69 Å². The molecule has 2 fully saturated rings. The van der Waals surface area contributed by atoms with Crippen LogP contribution in [-0.2, 0) is 6.42 Å². The Kier molecular flexibility index (Phi) is 6.04. The topological polar surface area (TPSA) is 75.6 Å². The van der Waals surface area contributed by atoms with E-state index in [1.807, 2.05) is 25.7 Å². The predicted octanol–water partition coefficient (Wildman–Crippen LogP) is 3.66. The lowest BCUT2D eigenvalue weighted by Gasteiger charge is -2.36. The van der Waals surface area contributed by atoms with Crippen LogP contribution >= 0.6 is 0 Å². The molecule has 158 valence electrons. The number of aryl methyl sites for hydroxylation is 3. The van der Waals surface area contributed by atoms with Gasteiger partial charge in [0.25, 0.3) is 5.91 Å². The fraction of sp³-hybridized carbons (Fsp3) is 0.682. The van der Waals surface area contributed by atoms with E-state index in [-0.39, 0.29) is 5.91 Å². The van der Waals surface area contributed by atoms with E-state index in [2.05, 4.69) is 15.2 Å². The summed E-state index contributed by atoms with van der Waals surface area (Å²) in [6.07, 6.45) is 7.54. The largest absolute Gasteiger partial charge is 0.361 e. The van der Waals surface area contributed by atoms with Crippen LogP contribution in [-0.4, -0.2) is 58.2 Å². The molecule has 0 saturated carbocycles. The first-order valence-corrected chi connectivity index (χ1v) is 10.9. The van der Waals surface area contributed by atoms with Gasteiger partial charge in [0.15, 0.2) is 5.69 Å². The molecule has 1 atom stereocenters. The molecule has 0 aliphatic carbocycles. The van der Waals surface area contributed by atoms with E-state index in [0.717, 1.165) is 54.9 Å². The van der Waals surface area contributed by atoms with Crippen LogP contribution in [0, 0.1) is 20.8 Å². The Morgan fingerprint density at radius 2 is 1.66 bits per heavy atom. The number of aromatic nitrogens is 2. The van der Waals surface area contributed by atoms with E-state index in [1.165, 1.54) is 32.4 Å². The molecule has 0 N–H and O–H groups in total. The molecular formula is C22H32N4O3. The van der Waals surface area contributed by atoms with Crippen molar-refractivity contribution in [1.29, 1.82) is 0 Å². The molecule has 0 unspecified atom stereocenters. The van der Waals surface area contributed by atoms with Crippen LogP contribution in [0.4, 0.5) is 0 Å². The zero-order valence-corrected chi connectivity index (χ0v) is 17.9. The highest BCUT2D eigenvalue weighted by atomic mass is 16.5. The third-order valence-corrected chi connectivity index (χ3v) is 6.59. The quantitative estimate of drug-likeness (QED) is 0.737. The number of nitrogens with zero attached hydrogens (tertiary/aromatic N) is 4. The average molecular weight is 401 g/mol. The summed E-state index contributed by atoms with van der Waals surface area (Å²) in [5.74, 6) is 1.48. The van der Waals surface area contributed by atoms with Gasteiger partial charge in [0, 0.05) is 36.7 Å². The number of piperidine rings is 1. The number of hydrogen-bond acceptors (Lipinski definition) is 6. The van der Waals surface area contributed by atoms with Gasteiger partial charge >= 0.3 is 0 Å². The monoisotopic (exact) mass is 400 g/mol. The highest BCUT2D eigenvalue weighted by molar-refractivity contribution is 5.94. The summed E-state index contributed by atoms with van der Waals surface area (Å²) in [4.78, 5) is 18.1. The summed E-state index contributed by atoms with van der Waals surface area (Å²) in [6.45, 7) is 9.99. The smallest absolute Gasteiger partial charge is 0.276 e. The van der Waals surface area contributed by atoms with E-state index < -0.39 is 0 Å². The zero-order valence-electron chi connectivity index (χ0n) is 17.9. The van der Waals surface area contributed by atoms with Crippen LogP contribution < -0.4 is 0 Å². The van der Waals surface area contributed by atoms with Gasteiger partial charge in [-0.3, -0.25) is 4.79 Å². The molecule has 2 aromatic heterocycles. The van der Waals surface area contributed by atoms with Crippen molar-refractivity contribution in [3.05, 3.63) is 34.0 Å². The zero-order chi connectivity index (χ0) is 20.4. The average Bonchev–Trinajstić information content (AvgIpc) is 3.44. The van der Waals surface area contributed by atoms with E-state index in [1.54, 1.807) is 0 Å². The molecule has 4 heterocycles. The molecule has 1 amide bonds. The number of hydrogen-bond donors (Lipinski definition) is 0. The molecule has 7 nitrogen and oxygen atoms in total. The van der Waals surface area contributed by atoms with Crippen LogP contribution in [0.5, 0.6) is 0 Å². The molecule has 2 aliphatic heterocycles. The summed E-state index contributed by atoms with van der Waals surface area (Å²) in [6, 6.07) is 0.292. The number of amides is 1. The van der Waals surface area contributed by atoms with Crippen molar-refractivity contribution in [2.45, 2.75) is 71.8 Å². The molecule has 29 heavy (non-hydrogen) atoms. The van der Waals surface area contributed by atoms with Gasteiger partial charge in [-0.1, -0.05) is 10.3 Å². The SMILES string of the molecule is Cc1noc(C)c1Cc1c(C(=O)N2CCCC[C@H]2CCN2CCCC2)noc1C. The second kappa shape index (κ2) is 8.69. The lowest BCUT2D eigenvalue weighted by molar-refractivity contribution is 0.0576. The van der Waals surface area contributed by atoms with Crippen molar-refractivity contribution in [3.63, 3.8) is 0 Å². The van der Waals surface area contributed by atoms with Crippen molar-refractivity contribution in [3.8, 4) is 0 Å². The number of rotatable bonds is 6. The van der Waals surface area contributed by atoms with Crippen molar-refractivity contribution < 1.29 is 13.8 Å². The summed E-state index contributed by atoms with van der Waals surface area (Å²) in [5.41, 5.74) is 3.17. The third kappa shape index (κ3) is 4.25. The number of carbonyl (C=O) groups is 1. The van der Waals surface area contributed by atoms with Crippen LogP contribution in [0.3, 0.4) is 0 Å². The number of carbonyl (C=O) groups excluding carboxylic acids is 1.